The van der Waals surface area contributed by atoms with E-state index in [1.807, 2.05) is 37.3 Å². The van der Waals surface area contributed by atoms with Crippen molar-refractivity contribution in [3.63, 3.8) is 0 Å². The van der Waals surface area contributed by atoms with Gasteiger partial charge in [-0.3, -0.25) is 0 Å². The number of aromatic nitrogens is 1. The topological polar surface area (TPSA) is 61.3 Å². The fourth-order valence-corrected chi connectivity index (χ4v) is 1.46. The van der Waals surface area contributed by atoms with E-state index in [-0.39, 0.29) is 0 Å². The Morgan fingerprint density at radius 1 is 1.38 bits per heavy atom. The van der Waals surface area contributed by atoms with Gasteiger partial charge < -0.3 is 15.0 Å². The minimum Gasteiger partial charge on any atom is -0.494 e. The first-order chi connectivity index (χ1) is 7.83. The molecule has 0 bridgehead atoms. The summed E-state index contributed by atoms with van der Waals surface area (Å²) in [6.07, 6.45) is 0. The molecule has 0 radical (unpaired) electrons. The second kappa shape index (κ2) is 4.81. The maximum Gasteiger partial charge on any atom is 0.150 e. The number of nitrogens with zero attached hydrogens (tertiary/aromatic N) is 1. The highest BCUT2D eigenvalue weighted by Gasteiger charge is 2.06. The van der Waals surface area contributed by atoms with Crippen molar-refractivity contribution in [2.45, 2.75) is 13.5 Å². The first kappa shape index (κ1) is 10.7. The quantitative estimate of drug-likeness (QED) is 0.854. The van der Waals surface area contributed by atoms with Crippen LogP contribution in [0, 0.1) is 0 Å². The molecule has 0 aliphatic carbocycles. The number of nitrogens with two attached hydrogens (primary N) is 1. The maximum absolute atomic E-state index is 5.46. The maximum atomic E-state index is 5.46. The molecule has 0 unspecified atom stereocenters. The standard InChI is InChI=1S/C12H14N2O2/c1-2-15-10-5-3-4-9(6-10)12-7-11(8-13)16-14-12/h3-7H,2,8,13H2,1H3. The van der Waals surface area contributed by atoms with Crippen molar-refractivity contribution in [2.24, 2.45) is 5.73 Å². The predicted molar refractivity (Wildman–Crippen MR) is 61.0 cm³/mol. The third kappa shape index (κ3) is 2.23. The Labute approximate surface area is 94.0 Å². The highest BCUT2D eigenvalue weighted by atomic mass is 16.5. The van der Waals surface area contributed by atoms with Gasteiger partial charge >= 0.3 is 0 Å². The fraction of sp³-hybridized carbons (Fsp3) is 0.250. The van der Waals surface area contributed by atoms with Gasteiger partial charge in [0.25, 0.3) is 0 Å². The van der Waals surface area contributed by atoms with Crippen LogP contribution >= 0.6 is 0 Å². The van der Waals surface area contributed by atoms with Crippen molar-refractivity contribution in [3.05, 3.63) is 36.1 Å². The Hall–Kier alpha value is -1.81. The number of hydrogen-bond acceptors (Lipinski definition) is 4. The SMILES string of the molecule is CCOc1cccc(-c2cc(CN)on2)c1. The van der Waals surface area contributed by atoms with Crippen LogP contribution in [-0.4, -0.2) is 11.8 Å². The van der Waals surface area contributed by atoms with E-state index in [0.29, 0.717) is 18.9 Å². The number of hydrogen-bond donors (Lipinski definition) is 1. The minimum absolute atomic E-state index is 0.359. The highest BCUT2D eigenvalue weighted by molar-refractivity contribution is 5.60. The van der Waals surface area contributed by atoms with Gasteiger partial charge in [-0.1, -0.05) is 17.3 Å². The summed E-state index contributed by atoms with van der Waals surface area (Å²) >= 11 is 0. The third-order valence-corrected chi connectivity index (χ3v) is 2.20. The van der Waals surface area contributed by atoms with Crippen molar-refractivity contribution in [1.82, 2.24) is 5.16 Å². The summed E-state index contributed by atoms with van der Waals surface area (Å²) in [5.74, 6) is 1.51. The molecule has 1 aromatic carbocycles. The number of benzene rings is 1. The Bertz CT molecular complexity index is 466. The van der Waals surface area contributed by atoms with Crippen molar-refractivity contribution in [3.8, 4) is 17.0 Å². The van der Waals surface area contributed by atoms with Crippen LogP contribution in [0.4, 0.5) is 0 Å². The van der Waals surface area contributed by atoms with Crippen LogP contribution in [0.15, 0.2) is 34.9 Å². The van der Waals surface area contributed by atoms with Crippen LogP contribution in [0.1, 0.15) is 12.7 Å². The lowest BCUT2D eigenvalue weighted by molar-refractivity contribution is 0.340. The van der Waals surface area contributed by atoms with E-state index < -0.39 is 0 Å². The second-order valence-corrected chi connectivity index (χ2v) is 3.34. The molecule has 0 fully saturated rings. The molecule has 0 aliphatic rings. The van der Waals surface area contributed by atoms with E-state index in [4.69, 9.17) is 15.0 Å². The van der Waals surface area contributed by atoms with Crippen LogP contribution in [-0.2, 0) is 6.54 Å². The van der Waals surface area contributed by atoms with E-state index in [1.54, 1.807) is 0 Å². The molecule has 0 spiro atoms. The summed E-state index contributed by atoms with van der Waals surface area (Å²) in [6, 6.07) is 9.57. The van der Waals surface area contributed by atoms with E-state index >= 15 is 0 Å². The van der Waals surface area contributed by atoms with Gasteiger partial charge in [0.15, 0.2) is 5.76 Å². The van der Waals surface area contributed by atoms with Crippen molar-refractivity contribution < 1.29 is 9.26 Å². The average molecular weight is 218 g/mol. The lowest BCUT2D eigenvalue weighted by Crippen LogP contribution is -1.92. The number of rotatable bonds is 4. The zero-order valence-electron chi connectivity index (χ0n) is 9.14. The zero-order valence-corrected chi connectivity index (χ0v) is 9.14. The lowest BCUT2D eigenvalue weighted by atomic mass is 10.1. The fourth-order valence-electron chi connectivity index (χ4n) is 1.46. The Morgan fingerprint density at radius 2 is 2.25 bits per heavy atom. The first-order valence-electron chi connectivity index (χ1n) is 5.22. The van der Waals surface area contributed by atoms with E-state index in [0.717, 1.165) is 17.0 Å². The van der Waals surface area contributed by atoms with E-state index in [1.165, 1.54) is 0 Å². The van der Waals surface area contributed by atoms with Gasteiger partial charge in [-0.2, -0.15) is 0 Å². The lowest BCUT2D eigenvalue weighted by Gasteiger charge is -2.03. The average Bonchev–Trinajstić information content (AvgIpc) is 2.78. The number of ether oxygens (including phenoxy) is 1. The second-order valence-electron chi connectivity index (χ2n) is 3.34. The van der Waals surface area contributed by atoms with Gasteiger partial charge in [-0.15, -0.1) is 0 Å². The van der Waals surface area contributed by atoms with Gasteiger partial charge in [0.2, 0.25) is 0 Å². The molecule has 0 saturated carbocycles. The van der Waals surface area contributed by atoms with Crippen LogP contribution < -0.4 is 10.5 Å². The minimum atomic E-state index is 0.359. The predicted octanol–water partition coefficient (Wildman–Crippen LogP) is 2.20. The van der Waals surface area contributed by atoms with Crippen LogP contribution in [0.3, 0.4) is 0 Å². The molecule has 1 aromatic heterocycles. The molecule has 16 heavy (non-hydrogen) atoms. The summed E-state index contributed by atoms with van der Waals surface area (Å²) in [5, 5.41) is 3.95. The van der Waals surface area contributed by atoms with Gasteiger partial charge in [0.1, 0.15) is 11.4 Å². The van der Waals surface area contributed by atoms with Crippen LogP contribution in [0.25, 0.3) is 11.3 Å². The highest BCUT2D eigenvalue weighted by Crippen LogP contribution is 2.23. The normalized spacial score (nSPS) is 10.4. The molecule has 0 amide bonds. The first-order valence-corrected chi connectivity index (χ1v) is 5.22. The van der Waals surface area contributed by atoms with E-state index in [9.17, 15) is 0 Å². The van der Waals surface area contributed by atoms with Gasteiger partial charge in [-0.05, 0) is 19.1 Å². The summed E-state index contributed by atoms with van der Waals surface area (Å²) in [4.78, 5) is 0. The van der Waals surface area contributed by atoms with Crippen LogP contribution in [0.5, 0.6) is 5.75 Å². The van der Waals surface area contributed by atoms with Gasteiger partial charge in [0, 0.05) is 11.6 Å². The molecule has 4 nitrogen and oxygen atoms in total. The molecule has 0 aliphatic heterocycles. The van der Waals surface area contributed by atoms with Crippen LogP contribution in [0.2, 0.25) is 0 Å². The molecule has 0 saturated heterocycles. The zero-order chi connectivity index (χ0) is 11.4. The summed E-state index contributed by atoms with van der Waals surface area (Å²) < 4.78 is 10.5. The van der Waals surface area contributed by atoms with Crippen molar-refractivity contribution >= 4 is 0 Å². The molecular weight excluding hydrogens is 204 g/mol. The Morgan fingerprint density at radius 3 is 2.94 bits per heavy atom. The molecule has 4 heteroatoms. The Balaban J connectivity index is 2.28. The summed E-state index contributed by atoms with van der Waals surface area (Å²) in [7, 11) is 0. The monoisotopic (exact) mass is 218 g/mol. The molecule has 0 atom stereocenters. The smallest absolute Gasteiger partial charge is 0.150 e. The molecule has 2 rings (SSSR count). The molecule has 2 N–H and O–H groups in total. The van der Waals surface area contributed by atoms with Crippen molar-refractivity contribution in [1.29, 1.82) is 0 Å². The molecule has 2 aromatic rings. The third-order valence-electron chi connectivity index (χ3n) is 2.20. The van der Waals surface area contributed by atoms with E-state index in [2.05, 4.69) is 5.16 Å². The van der Waals surface area contributed by atoms with Gasteiger partial charge in [0.05, 0.1) is 13.2 Å². The van der Waals surface area contributed by atoms with Crippen molar-refractivity contribution in [2.75, 3.05) is 6.61 Å². The Kier molecular flexibility index (Phi) is 3.22. The summed E-state index contributed by atoms with van der Waals surface area (Å²) in [5.41, 5.74) is 7.21. The largest absolute Gasteiger partial charge is 0.494 e. The van der Waals surface area contributed by atoms with Gasteiger partial charge in [-0.25, -0.2) is 0 Å². The summed E-state index contributed by atoms with van der Waals surface area (Å²) in [6.45, 7) is 2.96. The molecular formula is C12H14N2O2. The molecule has 84 valence electrons. The molecule has 1 heterocycles.